The van der Waals surface area contributed by atoms with Gasteiger partial charge in [-0.05, 0) is 52.3 Å². The number of benzene rings is 1. The maximum absolute atomic E-state index is 13.2. The van der Waals surface area contributed by atoms with Gasteiger partial charge in [-0.15, -0.1) is 0 Å². The molecule has 0 radical (unpaired) electrons. The number of hydrogen-bond acceptors (Lipinski definition) is 4. The molecule has 1 aromatic heterocycles. The van der Waals surface area contributed by atoms with E-state index < -0.39 is 11.5 Å². The Morgan fingerprint density at radius 3 is 2.38 bits per heavy atom. The lowest BCUT2D eigenvalue weighted by molar-refractivity contribution is -0.150. The lowest BCUT2D eigenvalue weighted by Crippen LogP contribution is -2.51. The molecular weight excluding hydrogens is 304 g/mol. The Kier molecular flexibility index (Phi) is 4.65. The molecule has 0 fully saturated rings. The highest BCUT2D eigenvalue weighted by atomic mass is 16.5. The average Bonchev–Trinajstić information content (AvgIpc) is 2.54. The number of amides is 1. The number of ether oxygens (including phenoxy) is 1. The van der Waals surface area contributed by atoms with Gasteiger partial charge in [-0.2, -0.15) is 0 Å². The van der Waals surface area contributed by atoms with Gasteiger partial charge in [-0.3, -0.25) is 9.78 Å². The maximum Gasteiger partial charge on any atom is 0.331 e. The summed E-state index contributed by atoms with van der Waals surface area (Å²) in [7, 11) is 2.94. The summed E-state index contributed by atoms with van der Waals surface area (Å²) in [6, 6.07) is 5.85. The Bertz CT molecular complexity index is 825. The minimum Gasteiger partial charge on any atom is -0.467 e. The second-order valence-corrected chi connectivity index (χ2v) is 6.63. The average molecular weight is 328 g/mol. The summed E-state index contributed by atoms with van der Waals surface area (Å²) in [5, 5.41) is 0.801. The topological polar surface area (TPSA) is 59.5 Å². The standard InChI is InChI=1S/C19H24N2O3/c1-11-8-9-15-14(10-11)16(12(2)13(3)20-15)17(22)21(6)19(4,5)18(23)24-7/h8-10H,1-7H3. The summed E-state index contributed by atoms with van der Waals surface area (Å²) in [5.74, 6) is -0.675. The minimum atomic E-state index is -1.06. The van der Waals surface area contributed by atoms with Gasteiger partial charge >= 0.3 is 5.97 Å². The van der Waals surface area contributed by atoms with Gasteiger partial charge in [0, 0.05) is 18.1 Å². The van der Waals surface area contributed by atoms with E-state index in [4.69, 9.17) is 4.74 Å². The predicted molar refractivity (Wildman–Crippen MR) is 94.1 cm³/mol. The van der Waals surface area contributed by atoms with Crippen molar-refractivity contribution in [2.45, 2.75) is 40.2 Å². The summed E-state index contributed by atoms with van der Waals surface area (Å²) in [6.07, 6.45) is 0. The van der Waals surface area contributed by atoms with Crippen molar-refractivity contribution in [3.8, 4) is 0 Å². The molecule has 0 aliphatic carbocycles. The van der Waals surface area contributed by atoms with Crippen LogP contribution in [0.1, 0.15) is 41.0 Å². The van der Waals surface area contributed by atoms with Gasteiger partial charge in [0.05, 0.1) is 18.2 Å². The van der Waals surface area contributed by atoms with Gasteiger partial charge in [0.1, 0.15) is 5.54 Å². The molecule has 2 aromatic rings. The lowest BCUT2D eigenvalue weighted by atomic mass is 9.96. The molecule has 0 spiro atoms. The van der Waals surface area contributed by atoms with Gasteiger partial charge in [0.2, 0.25) is 0 Å². The van der Waals surface area contributed by atoms with Crippen LogP contribution >= 0.6 is 0 Å². The van der Waals surface area contributed by atoms with Gasteiger partial charge in [0.25, 0.3) is 5.91 Å². The largest absolute Gasteiger partial charge is 0.467 e. The third-order valence-corrected chi connectivity index (χ3v) is 4.67. The first kappa shape index (κ1) is 17.9. The van der Waals surface area contributed by atoms with Gasteiger partial charge in [-0.25, -0.2) is 4.79 Å². The second-order valence-electron chi connectivity index (χ2n) is 6.63. The van der Waals surface area contributed by atoms with Crippen molar-refractivity contribution in [1.29, 1.82) is 0 Å². The van der Waals surface area contributed by atoms with Crippen LogP contribution in [0.5, 0.6) is 0 Å². The van der Waals surface area contributed by atoms with Crippen LogP contribution in [0.3, 0.4) is 0 Å². The van der Waals surface area contributed by atoms with Crippen LogP contribution in [0.2, 0.25) is 0 Å². The molecule has 1 aromatic carbocycles. The van der Waals surface area contributed by atoms with E-state index in [1.807, 2.05) is 39.0 Å². The minimum absolute atomic E-state index is 0.219. The fraction of sp³-hybridized carbons (Fsp3) is 0.421. The first-order valence-electron chi connectivity index (χ1n) is 7.85. The van der Waals surface area contributed by atoms with E-state index in [2.05, 4.69) is 4.98 Å². The Morgan fingerprint density at radius 2 is 1.79 bits per heavy atom. The molecule has 24 heavy (non-hydrogen) atoms. The molecular formula is C19H24N2O3. The highest BCUT2D eigenvalue weighted by molar-refractivity contribution is 6.09. The van der Waals surface area contributed by atoms with E-state index in [1.54, 1.807) is 20.9 Å². The first-order chi connectivity index (χ1) is 11.1. The molecule has 0 aliphatic rings. The van der Waals surface area contributed by atoms with Crippen LogP contribution in [0, 0.1) is 20.8 Å². The number of carbonyl (C=O) groups excluding carboxylic acids is 2. The zero-order valence-electron chi connectivity index (χ0n) is 15.4. The predicted octanol–water partition coefficient (Wildman–Crippen LogP) is 3.18. The third-order valence-electron chi connectivity index (χ3n) is 4.67. The van der Waals surface area contributed by atoms with Crippen LogP contribution in [-0.2, 0) is 9.53 Å². The van der Waals surface area contributed by atoms with Crippen molar-refractivity contribution >= 4 is 22.8 Å². The number of methoxy groups -OCH3 is 1. The smallest absolute Gasteiger partial charge is 0.331 e. The van der Waals surface area contributed by atoms with Crippen LogP contribution in [0.4, 0.5) is 0 Å². The van der Waals surface area contributed by atoms with Crippen molar-refractivity contribution in [1.82, 2.24) is 9.88 Å². The van der Waals surface area contributed by atoms with Gasteiger partial charge in [0.15, 0.2) is 0 Å². The molecule has 0 bridgehead atoms. The Labute approximate surface area is 142 Å². The number of rotatable bonds is 3. The quantitative estimate of drug-likeness (QED) is 0.812. The normalized spacial score (nSPS) is 11.5. The van der Waals surface area contributed by atoms with Gasteiger partial charge in [-0.1, -0.05) is 11.6 Å². The van der Waals surface area contributed by atoms with Crippen LogP contribution in [0.25, 0.3) is 10.9 Å². The molecule has 5 heteroatoms. The van der Waals surface area contributed by atoms with Gasteiger partial charge < -0.3 is 9.64 Å². The molecule has 5 nitrogen and oxygen atoms in total. The molecule has 2 rings (SSSR count). The van der Waals surface area contributed by atoms with E-state index in [9.17, 15) is 9.59 Å². The summed E-state index contributed by atoms with van der Waals surface area (Å²) >= 11 is 0. The summed E-state index contributed by atoms with van der Waals surface area (Å²) in [4.78, 5) is 31.3. The number of nitrogens with zero attached hydrogens (tertiary/aromatic N) is 2. The number of esters is 1. The Hall–Kier alpha value is -2.43. The fourth-order valence-electron chi connectivity index (χ4n) is 2.68. The van der Waals surface area contributed by atoms with Crippen LogP contribution < -0.4 is 0 Å². The number of pyridine rings is 1. The lowest BCUT2D eigenvalue weighted by Gasteiger charge is -2.33. The van der Waals surface area contributed by atoms with Crippen molar-refractivity contribution in [2.24, 2.45) is 0 Å². The number of aryl methyl sites for hydroxylation is 2. The molecule has 0 saturated heterocycles. The van der Waals surface area contributed by atoms with Crippen LogP contribution in [0.15, 0.2) is 18.2 Å². The Balaban J connectivity index is 2.67. The summed E-state index contributed by atoms with van der Waals surface area (Å²) in [6.45, 7) is 9.10. The second kappa shape index (κ2) is 6.23. The number of likely N-dealkylation sites (N-methyl/N-ethyl adjacent to an activating group) is 1. The highest BCUT2D eigenvalue weighted by Crippen LogP contribution is 2.27. The van der Waals surface area contributed by atoms with Crippen molar-refractivity contribution in [3.63, 3.8) is 0 Å². The zero-order valence-corrected chi connectivity index (χ0v) is 15.4. The maximum atomic E-state index is 13.2. The number of aromatic nitrogens is 1. The zero-order chi connectivity index (χ0) is 18.2. The number of hydrogen-bond donors (Lipinski definition) is 0. The SMILES string of the molecule is COC(=O)C(C)(C)N(C)C(=O)c1c(C)c(C)nc2ccc(C)cc12. The fourth-order valence-corrected chi connectivity index (χ4v) is 2.68. The Morgan fingerprint density at radius 1 is 1.17 bits per heavy atom. The van der Waals surface area contributed by atoms with E-state index in [-0.39, 0.29) is 5.91 Å². The van der Waals surface area contributed by atoms with Crippen molar-refractivity contribution in [3.05, 3.63) is 40.6 Å². The van der Waals surface area contributed by atoms with E-state index in [0.29, 0.717) is 5.56 Å². The number of carbonyl (C=O) groups is 2. The summed E-state index contributed by atoms with van der Waals surface area (Å²) in [5.41, 5.74) is 2.98. The molecule has 0 atom stereocenters. The van der Waals surface area contributed by atoms with E-state index >= 15 is 0 Å². The number of fused-ring (bicyclic) bond motifs is 1. The van der Waals surface area contributed by atoms with Crippen molar-refractivity contribution < 1.29 is 14.3 Å². The van der Waals surface area contributed by atoms with Crippen molar-refractivity contribution in [2.75, 3.05) is 14.2 Å². The molecule has 0 N–H and O–H groups in total. The molecule has 128 valence electrons. The molecule has 0 unspecified atom stereocenters. The highest BCUT2D eigenvalue weighted by Gasteiger charge is 2.37. The molecule has 1 heterocycles. The monoisotopic (exact) mass is 328 g/mol. The summed E-state index contributed by atoms with van der Waals surface area (Å²) < 4.78 is 4.84. The van der Waals surface area contributed by atoms with Crippen LogP contribution in [-0.4, -0.2) is 41.5 Å². The third kappa shape index (κ3) is 2.86. The molecule has 0 aliphatic heterocycles. The molecule has 0 saturated carbocycles. The molecule has 1 amide bonds. The first-order valence-corrected chi connectivity index (χ1v) is 7.85. The van der Waals surface area contributed by atoms with E-state index in [1.165, 1.54) is 12.0 Å². The van der Waals surface area contributed by atoms with E-state index in [0.717, 1.165) is 27.7 Å².